The van der Waals surface area contributed by atoms with Gasteiger partial charge in [0.1, 0.15) is 0 Å². The van der Waals surface area contributed by atoms with Crippen LogP contribution in [0.3, 0.4) is 0 Å². The molecule has 0 heterocycles. The Kier molecular flexibility index (Phi) is 1.65. The van der Waals surface area contributed by atoms with Gasteiger partial charge in [-0.2, -0.15) is 0 Å². The number of esters is 2. The summed E-state index contributed by atoms with van der Waals surface area (Å²) in [4.78, 5) is 23.7. The first-order valence-electron chi connectivity index (χ1n) is 5.75. The average molecular weight is 224 g/mol. The molecule has 3 aliphatic carbocycles. The van der Waals surface area contributed by atoms with E-state index in [4.69, 9.17) is 9.47 Å². The molecule has 0 amide bonds. The Morgan fingerprint density at radius 1 is 0.875 bits per heavy atom. The van der Waals surface area contributed by atoms with Crippen molar-refractivity contribution in [3.8, 4) is 0 Å². The maximum atomic E-state index is 11.9. The average Bonchev–Trinajstić information content (AvgIpc) is 2.95. The standard InChI is InChI=1S/C12H16O4/c1-15-8(13)10-3-4-11(9(14)16-2)7-12(10,11)6-5-10/h3-7H2,1-2H3. The fraction of sp³-hybridized carbons (Fsp3) is 0.833. The van der Waals surface area contributed by atoms with E-state index in [0.717, 1.165) is 32.1 Å². The van der Waals surface area contributed by atoms with Crippen molar-refractivity contribution in [3.63, 3.8) is 0 Å². The number of rotatable bonds is 2. The van der Waals surface area contributed by atoms with Crippen molar-refractivity contribution in [2.24, 2.45) is 16.2 Å². The van der Waals surface area contributed by atoms with Crippen molar-refractivity contribution in [1.29, 1.82) is 0 Å². The number of carbonyl (C=O) groups is 2. The van der Waals surface area contributed by atoms with Crippen molar-refractivity contribution in [2.45, 2.75) is 32.1 Å². The van der Waals surface area contributed by atoms with Gasteiger partial charge in [0.25, 0.3) is 0 Å². The molecule has 4 heteroatoms. The molecule has 0 saturated heterocycles. The molecule has 0 aromatic heterocycles. The minimum atomic E-state index is -0.365. The lowest BCUT2D eigenvalue weighted by atomic mass is 9.57. The lowest BCUT2D eigenvalue weighted by Crippen LogP contribution is -2.48. The number of hydrogen-bond acceptors (Lipinski definition) is 4. The molecule has 16 heavy (non-hydrogen) atoms. The van der Waals surface area contributed by atoms with Gasteiger partial charge in [-0.1, -0.05) is 0 Å². The third-order valence-corrected chi connectivity index (χ3v) is 5.42. The van der Waals surface area contributed by atoms with Crippen LogP contribution in [0, 0.1) is 16.2 Å². The number of methoxy groups -OCH3 is 2. The van der Waals surface area contributed by atoms with Gasteiger partial charge in [0.05, 0.1) is 25.0 Å². The topological polar surface area (TPSA) is 52.6 Å². The van der Waals surface area contributed by atoms with Crippen LogP contribution < -0.4 is 0 Å². The second kappa shape index (κ2) is 2.60. The first kappa shape index (κ1) is 10.1. The predicted molar refractivity (Wildman–Crippen MR) is 54.4 cm³/mol. The third kappa shape index (κ3) is 0.711. The molecular weight excluding hydrogens is 208 g/mol. The number of ether oxygens (including phenoxy) is 2. The van der Waals surface area contributed by atoms with Gasteiger partial charge < -0.3 is 9.47 Å². The van der Waals surface area contributed by atoms with Gasteiger partial charge in [-0.25, -0.2) is 0 Å². The Morgan fingerprint density at radius 3 is 1.88 bits per heavy atom. The van der Waals surface area contributed by atoms with Gasteiger partial charge in [-0.15, -0.1) is 0 Å². The first-order chi connectivity index (χ1) is 7.58. The van der Waals surface area contributed by atoms with E-state index in [2.05, 4.69) is 0 Å². The number of hydrogen-bond donors (Lipinski definition) is 0. The highest BCUT2D eigenvalue weighted by molar-refractivity contribution is 5.90. The Morgan fingerprint density at radius 2 is 1.38 bits per heavy atom. The summed E-state index contributed by atoms with van der Waals surface area (Å²) in [6.07, 6.45) is 4.24. The third-order valence-electron chi connectivity index (χ3n) is 5.42. The van der Waals surface area contributed by atoms with Crippen LogP contribution in [0.1, 0.15) is 32.1 Å². The number of carbonyl (C=O) groups excluding carboxylic acids is 2. The largest absolute Gasteiger partial charge is 0.469 e. The summed E-state index contributed by atoms with van der Waals surface area (Å²) < 4.78 is 9.81. The zero-order valence-electron chi connectivity index (χ0n) is 9.67. The molecule has 88 valence electrons. The zero-order valence-corrected chi connectivity index (χ0v) is 9.67. The molecule has 0 aromatic rings. The first-order valence-corrected chi connectivity index (χ1v) is 5.75. The van der Waals surface area contributed by atoms with Crippen LogP contribution in [0.5, 0.6) is 0 Å². The van der Waals surface area contributed by atoms with Gasteiger partial charge in [0, 0.05) is 5.41 Å². The maximum absolute atomic E-state index is 11.9. The predicted octanol–water partition coefficient (Wildman–Crippen LogP) is 1.28. The molecule has 0 N–H and O–H groups in total. The highest BCUT2D eigenvalue weighted by Gasteiger charge is 2.89. The molecule has 3 saturated carbocycles. The van der Waals surface area contributed by atoms with Crippen molar-refractivity contribution in [1.82, 2.24) is 0 Å². The Labute approximate surface area is 94.3 Å². The fourth-order valence-corrected chi connectivity index (χ4v) is 4.43. The monoisotopic (exact) mass is 224 g/mol. The van der Waals surface area contributed by atoms with Crippen LogP contribution in [0.15, 0.2) is 0 Å². The zero-order chi connectivity index (χ0) is 11.6. The second-order valence-corrected chi connectivity index (χ2v) is 5.41. The second-order valence-electron chi connectivity index (χ2n) is 5.41. The van der Waals surface area contributed by atoms with E-state index in [0.29, 0.717) is 0 Å². The summed E-state index contributed by atoms with van der Waals surface area (Å²) >= 11 is 0. The van der Waals surface area contributed by atoms with Crippen molar-refractivity contribution in [3.05, 3.63) is 0 Å². The van der Waals surface area contributed by atoms with Gasteiger partial charge in [0.2, 0.25) is 0 Å². The fourth-order valence-electron chi connectivity index (χ4n) is 4.43. The van der Waals surface area contributed by atoms with E-state index in [1.165, 1.54) is 14.2 Å². The SMILES string of the molecule is COC(=O)C12CCC3(C(=O)OC)CC13CC2. The van der Waals surface area contributed by atoms with Gasteiger partial charge >= 0.3 is 11.9 Å². The molecule has 3 fully saturated rings. The lowest BCUT2D eigenvalue weighted by Gasteiger charge is -2.46. The highest BCUT2D eigenvalue weighted by Crippen LogP contribution is 2.88. The molecule has 1 spiro atoms. The summed E-state index contributed by atoms with van der Waals surface area (Å²) in [6, 6.07) is 0. The summed E-state index contributed by atoms with van der Waals surface area (Å²) in [5, 5.41) is 0. The van der Waals surface area contributed by atoms with Crippen LogP contribution in [0.2, 0.25) is 0 Å². The minimum absolute atomic E-state index is 0.111. The molecule has 3 unspecified atom stereocenters. The van der Waals surface area contributed by atoms with Gasteiger partial charge in [-0.3, -0.25) is 9.59 Å². The Bertz CT molecular complexity index is 386. The maximum Gasteiger partial charge on any atom is 0.312 e. The van der Waals surface area contributed by atoms with E-state index in [1.54, 1.807) is 0 Å². The molecule has 3 aliphatic rings. The normalized spacial score (nSPS) is 47.4. The van der Waals surface area contributed by atoms with Crippen molar-refractivity contribution < 1.29 is 19.1 Å². The van der Waals surface area contributed by atoms with Crippen LogP contribution in [0.25, 0.3) is 0 Å². The Hall–Kier alpha value is -1.06. The summed E-state index contributed by atoms with van der Waals surface area (Å²) in [6.45, 7) is 0. The molecule has 0 radical (unpaired) electrons. The molecular formula is C12H16O4. The van der Waals surface area contributed by atoms with E-state index in [1.807, 2.05) is 0 Å². The van der Waals surface area contributed by atoms with Crippen molar-refractivity contribution >= 4 is 11.9 Å². The smallest absolute Gasteiger partial charge is 0.312 e. The highest BCUT2D eigenvalue weighted by atomic mass is 16.5. The molecule has 0 aromatic carbocycles. The lowest BCUT2D eigenvalue weighted by molar-refractivity contribution is -0.168. The molecule has 3 atom stereocenters. The minimum Gasteiger partial charge on any atom is -0.469 e. The van der Waals surface area contributed by atoms with Crippen LogP contribution in [-0.4, -0.2) is 26.2 Å². The molecule has 3 rings (SSSR count). The van der Waals surface area contributed by atoms with Crippen LogP contribution >= 0.6 is 0 Å². The van der Waals surface area contributed by atoms with Gasteiger partial charge in [0.15, 0.2) is 0 Å². The summed E-state index contributed by atoms with van der Waals surface area (Å²) in [7, 11) is 2.86. The van der Waals surface area contributed by atoms with Gasteiger partial charge in [-0.05, 0) is 32.1 Å². The molecule has 4 nitrogen and oxygen atoms in total. The molecule has 0 bridgehead atoms. The van der Waals surface area contributed by atoms with E-state index >= 15 is 0 Å². The van der Waals surface area contributed by atoms with Crippen molar-refractivity contribution in [2.75, 3.05) is 14.2 Å². The summed E-state index contributed by atoms with van der Waals surface area (Å²) in [5.41, 5.74) is -0.829. The molecule has 0 aliphatic heterocycles. The van der Waals surface area contributed by atoms with E-state index in [-0.39, 0.29) is 28.2 Å². The van der Waals surface area contributed by atoms with E-state index < -0.39 is 0 Å². The van der Waals surface area contributed by atoms with Crippen LogP contribution in [-0.2, 0) is 19.1 Å². The summed E-state index contributed by atoms with van der Waals surface area (Å²) in [5.74, 6) is -0.250. The Balaban J connectivity index is 1.95. The van der Waals surface area contributed by atoms with E-state index in [9.17, 15) is 9.59 Å². The van der Waals surface area contributed by atoms with Crippen LogP contribution in [0.4, 0.5) is 0 Å². The quantitative estimate of drug-likeness (QED) is 0.663.